The summed E-state index contributed by atoms with van der Waals surface area (Å²) in [7, 11) is 1.75. The quantitative estimate of drug-likeness (QED) is 0.711. The van der Waals surface area contributed by atoms with Crippen molar-refractivity contribution in [2.45, 2.75) is 19.8 Å². The molecule has 1 aromatic carbocycles. The van der Waals surface area contributed by atoms with E-state index in [1.54, 1.807) is 24.1 Å². The predicted octanol–water partition coefficient (Wildman–Crippen LogP) is 2.13. The average Bonchev–Trinajstić information content (AvgIpc) is 2.35. The Hall–Kier alpha value is -1.64. The van der Waals surface area contributed by atoms with Crippen molar-refractivity contribution in [3.05, 3.63) is 35.9 Å². The maximum absolute atomic E-state index is 11.7. The second kappa shape index (κ2) is 6.05. The third kappa shape index (κ3) is 3.50. The zero-order chi connectivity index (χ0) is 12.0. The second-order valence-corrected chi connectivity index (χ2v) is 3.70. The summed E-state index contributed by atoms with van der Waals surface area (Å²) < 4.78 is 0. The van der Waals surface area contributed by atoms with E-state index >= 15 is 0 Å². The molecule has 0 saturated carbocycles. The van der Waals surface area contributed by atoms with Crippen LogP contribution in [0.15, 0.2) is 30.3 Å². The summed E-state index contributed by atoms with van der Waals surface area (Å²) in [6.07, 6.45) is 0.575. The second-order valence-electron chi connectivity index (χ2n) is 3.70. The Kier molecular flexibility index (Phi) is 4.70. The summed E-state index contributed by atoms with van der Waals surface area (Å²) in [6.45, 7) is 2.59. The van der Waals surface area contributed by atoms with Gasteiger partial charge in [-0.05, 0) is 6.92 Å². The molecular formula is C13H17NO2. The highest BCUT2D eigenvalue weighted by Crippen LogP contribution is 2.06. The summed E-state index contributed by atoms with van der Waals surface area (Å²) in [6, 6.07) is 9.07. The number of nitrogens with zero attached hydrogens (tertiary/aromatic N) is 1. The van der Waals surface area contributed by atoms with Crippen LogP contribution in [0.2, 0.25) is 0 Å². The fraction of sp³-hybridized carbons (Fsp3) is 0.385. The highest BCUT2D eigenvalue weighted by atomic mass is 16.2. The molecule has 0 spiro atoms. The van der Waals surface area contributed by atoms with Crippen LogP contribution >= 0.6 is 0 Å². The highest BCUT2D eigenvalue weighted by molar-refractivity contribution is 5.97. The smallest absolute Gasteiger partial charge is 0.222 e. The Labute approximate surface area is 96.1 Å². The minimum atomic E-state index is 0.0202. The first-order chi connectivity index (χ1) is 7.65. The van der Waals surface area contributed by atoms with E-state index in [-0.39, 0.29) is 24.5 Å². The molecule has 1 aromatic rings. The number of benzene rings is 1. The van der Waals surface area contributed by atoms with Crippen LogP contribution in [0.1, 0.15) is 30.1 Å². The molecule has 0 saturated heterocycles. The topological polar surface area (TPSA) is 37.4 Å². The number of carbonyl (C=O) groups is 2. The van der Waals surface area contributed by atoms with Crippen molar-refractivity contribution in [3.8, 4) is 0 Å². The van der Waals surface area contributed by atoms with Crippen LogP contribution in [0.5, 0.6) is 0 Å². The number of Topliss-reactive ketones (excluding diaryl/α,β-unsaturated/α-hetero) is 1. The van der Waals surface area contributed by atoms with E-state index in [4.69, 9.17) is 0 Å². The molecule has 3 nitrogen and oxygen atoms in total. The van der Waals surface area contributed by atoms with Gasteiger partial charge in [0.25, 0.3) is 0 Å². The van der Waals surface area contributed by atoms with E-state index in [1.165, 1.54) is 0 Å². The average molecular weight is 219 g/mol. The van der Waals surface area contributed by atoms with Gasteiger partial charge in [-0.15, -0.1) is 0 Å². The Morgan fingerprint density at radius 2 is 1.75 bits per heavy atom. The van der Waals surface area contributed by atoms with Crippen molar-refractivity contribution in [1.82, 2.24) is 4.90 Å². The molecule has 0 radical (unpaired) electrons. The van der Waals surface area contributed by atoms with E-state index in [2.05, 4.69) is 0 Å². The lowest BCUT2D eigenvalue weighted by molar-refractivity contribution is -0.129. The molecule has 0 unspecified atom stereocenters. The van der Waals surface area contributed by atoms with Gasteiger partial charge in [-0.3, -0.25) is 9.59 Å². The van der Waals surface area contributed by atoms with Crippen LogP contribution in [0.3, 0.4) is 0 Å². The molecule has 0 aliphatic rings. The van der Waals surface area contributed by atoms with Crippen molar-refractivity contribution in [3.63, 3.8) is 0 Å². The molecule has 0 atom stereocenters. The zero-order valence-corrected chi connectivity index (χ0v) is 9.77. The summed E-state index contributed by atoms with van der Waals surface area (Å²) in [5, 5.41) is 0. The van der Waals surface area contributed by atoms with Gasteiger partial charge < -0.3 is 4.90 Å². The third-order valence-electron chi connectivity index (χ3n) is 2.56. The van der Waals surface area contributed by atoms with Gasteiger partial charge in [-0.1, -0.05) is 30.3 Å². The molecule has 0 N–H and O–H groups in total. The molecule has 16 heavy (non-hydrogen) atoms. The standard InChI is InChI=1S/C13H17NO2/c1-3-14(2)13(16)10-9-12(15)11-7-5-4-6-8-11/h4-8H,3,9-10H2,1-2H3. The molecule has 0 bridgehead atoms. The maximum atomic E-state index is 11.7. The lowest BCUT2D eigenvalue weighted by Gasteiger charge is -2.13. The molecule has 0 fully saturated rings. The molecule has 1 amide bonds. The number of rotatable bonds is 5. The first-order valence-electron chi connectivity index (χ1n) is 5.47. The van der Waals surface area contributed by atoms with Gasteiger partial charge in [0, 0.05) is 32.0 Å². The number of carbonyl (C=O) groups excluding carboxylic acids is 2. The Morgan fingerprint density at radius 1 is 1.12 bits per heavy atom. The minimum absolute atomic E-state index is 0.0202. The van der Waals surface area contributed by atoms with Crippen LogP contribution in [0, 0.1) is 0 Å². The molecule has 0 aliphatic heterocycles. The van der Waals surface area contributed by atoms with Crippen LogP contribution in [-0.2, 0) is 4.79 Å². The third-order valence-corrected chi connectivity index (χ3v) is 2.56. The largest absolute Gasteiger partial charge is 0.346 e. The summed E-state index contributed by atoms with van der Waals surface area (Å²) in [5.41, 5.74) is 0.675. The van der Waals surface area contributed by atoms with Gasteiger partial charge in [-0.2, -0.15) is 0 Å². The van der Waals surface area contributed by atoms with Crippen molar-refractivity contribution in [2.75, 3.05) is 13.6 Å². The number of ketones is 1. The van der Waals surface area contributed by atoms with E-state index in [9.17, 15) is 9.59 Å². The fourth-order valence-corrected chi connectivity index (χ4v) is 1.36. The van der Waals surface area contributed by atoms with Gasteiger partial charge >= 0.3 is 0 Å². The molecule has 0 aromatic heterocycles. The van der Waals surface area contributed by atoms with Crippen molar-refractivity contribution < 1.29 is 9.59 Å². The van der Waals surface area contributed by atoms with Gasteiger partial charge in [0.2, 0.25) is 5.91 Å². The predicted molar refractivity (Wildman–Crippen MR) is 63.3 cm³/mol. The number of hydrogen-bond donors (Lipinski definition) is 0. The van der Waals surface area contributed by atoms with E-state index in [0.29, 0.717) is 12.1 Å². The van der Waals surface area contributed by atoms with Gasteiger partial charge in [-0.25, -0.2) is 0 Å². The molecule has 0 aliphatic carbocycles. The van der Waals surface area contributed by atoms with Gasteiger partial charge in [0.05, 0.1) is 0 Å². The Morgan fingerprint density at radius 3 is 2.31 bits per heavy atom. The normalized spacial score (nSPS) is 9.88. The van der Waals surface area contributed by atoms with Gasteiger partial charge in [0.15, 0.2) is 5.78 Å². The SMILES string of the molecule is CCN(C)C(=O)CCC(=O)c1ccccc1. The van der Waals surface area contributed by atoms with Crippen LogP contribution in [-0.4, -0.2) is 30.2 Å². The first-order valence-corrected chi connectivity index (χ1v) is 5.47. The van der Waals surface area contributed by atoms with Crippen LogP contribution in [0.25, 0.3) is 0 Å². The van der Waals surface area contributed by atoms with Crippen molar-refractivity contribution in [2.24, 2.45) is 0 Å². The van der Waals surface area contributed by atoms with E-state index < -0.39 is 0 Å². The number of amides is 1. The fourth-order valence-electron chi connectivity index (χ4n) is 1.36. The van der Waals surface area contributed by atoms with E-state index in [0.717, 1.165) is 0 Å². The summed E-state index contributed by atoms with van der Waals surface area (Å²) in [5.74, 6) is 0.0465. The van der Waals surface area contributed by atoms with E-state index in [1.807, 2.05) is 25.1 Å². The van der Waals surface area contributed by atoms with Crippen LogP contribution in [0.4, 0.5) is 0 Å². The summed E-state index contributed by atoms with van der Waals surface area (Å²) >= 11 is 0. The maximum Gasteiger partial charge on any atom is 0.222 e. The van der Waals surface area contributed by atoms with Gasteiger partial charge in [0.1, 0.15) is 0 Å². The molecule has 3 heteroatoms. The van der Waals surface area contributed by atoms with Crippen molar-refractivity contribution in [1.29, 1.82) is 0 Å². The molecule has 1 rings (SSSR count). The molecule has 86 valence electrons. The summed E-state index contributed by atoms with van der Waals surface area (Å²) in [4.78, 5) is 24.8. The minimum Gasteiger partial charge on any atom is -0.346 e. The lowest BCUT2D eigenvalue weighted by Crippen LogP contribution is -2.26. The highest BCUT2D eigenvalue weighted by Gasteiger charge is 2.10. The first kappa shape index (κ1) is 12.4. The molecule has 0 heterocycles. The monoisotopic (exact) mass is 219 g/mol. The number of hydrogen-bond acceptors (Lipinski definition) is 2. The Bertz CT molecular complexity index is 359. The Balaban J connectivity index is 2.45. The lowest BCUT2D eigenvalue weighted by atomic mass is 10.1. The zero-order valence-electron chi connectivity index (χ0n) is 9.77. The van der Waals surface area contributed by atoms with Crippen molar-refractivity contribution >= 4 is 11.7 Å². The molecular weight excluding hydrogens is 202 g/mol. The van der Waals surface area contributed by atoms with Crippen LogP contribution < -0.4 is 0 Å².